The van der Waals surface area contributed by atoms with Crippen LogP contribution in [0, 0.1) is 5.82 Å². The van der Waals surface area contributed by atoms with Crippen molar-refractivity contribution < 1.29 is 4.39 Å². The van der Waals surface area contributed by atoms with E-state index in [9.17, 15) is 4.39 Å². The third-order valence-electron chi connectivity index (χ3n) is 4.79. The summed E-state index contributed by atoms with van der Waals surface area (Å²) in [5.41, 5.74) is 6.91. The second kappa shape index (κ2) is 7.34. The van der Waals surface area contributed by atoms with Crippen LogP contribution in [0.5, 0.6) is 0 Å². The molecule has 0 spiro atoms. The summed E-state index contributed by atoms with van der Waals surface area (Å²) in [7, 11) is 2.13. The van der Waals surface area contributed by atoms with Gasteiger partial charge in [-0.1, -0.05) is 12.1 Å². The van der Waals surface area contributed by atoms with E-state index in [0.29, 0.717) is 6.54 Å². The lowest BCUT2D eigenvalue weighted by molar-refractivity contribution is 0.128. The van der Waals surface area contributed by atoms with Gasteiger partial charge in [-0.3, -0.25) is 4.90 Å². The number of nitrogens with two attached hydrogens (primary N) is 1. The Morgan fingerprint density at radius 1 is 1.33 bits per heavy atom. The average molecular weight is 293 g/mol. The van der Waals surface area contributed by atoms with E-state index in [0.717, 1.165) is 25.1 Å². The number of halogens is 1. The third kappa shape index (κ3) is 4.50. The first-order valence-corrected chi connectivity index (χ1v) is 7.91. The second-order valence-corrected chi connectivity index (χ2v) is 6.48. The number of likely N-dealkylation sites (N-methyl/N-ethyl adjacent to an activating group) is 1. The topological polar surface area (TPSA) is 32.5 Å². The van der Waals surface area contributed by atoms with E-state index in [1.54, 1.807) is 12.1 Å². The molecule has 3 nitrogen and oxygen atoms in total. The highest BCUT2D eigenvalue weighted by molar-refractivity contribution is 5.19. The number of rotatable bonds is 7. The maximum absolute atomic E-state index is 13.3. The monoisotopic (exact) mass is 293 g/mol. The summed E-state index contributed by atoms with van der Waals surface area (Å²) >= 11 is 0. The fourth-order valence-electron chi connectivity index (χ4n) is 3.02. The Morgan fingerprint density at radius 3 is 2.67 bits per heavy atom. The molecular formula is C17H28FN3. The number of hydrogen-bond donors (Lipinski definition) is 1. The van der Waals surface area contributed by atoms with Crippen molar-refractivity contribution in [3.63, 3.8) is 0 Å². The first-order valence-electron chi connectivity index (χ1n) is 7.91. The molecule has 0 aliphatic carbocycles. The molecule has 0 amide bonds. The van der Waals surface area contributed by atoms with Gasteiger partial charge in [-0.05, 0) is 64.0 Å². The Hall–Kier alpha value is -0.970. The summed E-state index contributed by atoms with van der Waals surface area (Å²) in [6, 6.07) is 6.85. The van der Waals surface area contributed by atoms with Crippen LogP contribution < -0.4 is 5.73 Å². The van der Waals surface area contributed by atoms with Gasteiger partial charge in [0.15, 0.2) is 0 Å². The first kappa shape index (κ1) is 16.4. The summed E-state index contributed by atoms with van der Waals surface area (Å²) in [6.45, 7) is 7.27. The molecule has 0 aromatic heterocycles. The van der Waals surface area contributed by atoms with Crippen LogP contribution in [0.15, 0.2) is 24.3 Å². The van der Waals surface area contributed by atoms with Gasteiger partial charge in [0.1, 0.15) is 5.82 Å². The molecule has 4 heteroatoms. The van der Waals surface area contributed by atoms with Crippen LogP contribution in [-0.4, -0.2) is 55.1 Å². The van der Waals surface area contributed by atoms with E-state index in [1.807, 2.05) is 6.07 Å². The predicted octanol–water partition coefficient (Wildman–Crippen LogP) is 2.11. The van der Waals surface area contributed by atoms with Gasteiger partial charge in [-0.25, -0.2) is 4.39 Å². The van der Waals surface area contributed by atoms with Crippen molar-refractivity contribution in [1.29, 1.82) is 0 Å². The van der Waals surface area contributed by atoms with E-state index >= 15 is 0 Å². The minimum absolute atomic E-state index is 0.131. The van der Waals surface area contributed by atoms with Gasteiger partial charge in [0, 0.05) is 25.2 Å². The molecule has 1 aromatic rings. The zero-order chi connectivity index (χ0) is 15.3. The molecule has 21 heavy (non-hydrogen) atoms. The van der Waals surface area contributed by atoms with Crippen LogP contribution >= 0.6 is 0 Å². The van der Waals surface area contributed by atoms with Gasteiger partial charge in [0.25, 0.3) is 0 Å². The van der Waals surface area contributed by atoms with Gasteiger partial charge in [-0.15, -0.1) is 0 Å². The van der Waals surface area contributed by atoms with Crippen molar-refractivity contribution in [3.8, 4) is 0 Å². The Morgan fingerprint density at radius 2 is 2.05 bits per heavy atom. The molecule has 0 radical (unpaired) electrons. The van der Waals surface area contributed by atoms with Gasteiger partial charge in [0.2, 0.25) is 0 Å². The van der Waals surface area contributed by atoms with Crippen LogP contribution in [0.2, 0.25) is 0 Å². The lowest BCUT2D eigenvalue weighted by Gasteiger charge is -2.39. The fraction of sp³-hybridized carbons (Fsp3) is 0.647. The molecule has 1 atom stereocenters. The van der Waals surface area contributed by atoms with Crippen LogP contribution in [0.3, 0.4) is 0 Å². The highest BCUT2D eigenvalue weighted by atomic mass is 19.1. The predicted molar refractivity (Wildman–Crippen MR) is 85.9 cm³/mol. The van der Waals surface area contributed by atoms with E-state index in [4.69, 9.17) is 5.73 Å². The number of hydrogen-bond acceptors (Lipinski definition) is 3. The molecule has 2 rings (SSSR count). The molecule has 1 fully saturated rings. The highest BCUT2D eigenvalue weighted by Gasteiger charge is 2.28. The lowest BCUT2D eigenvalue weighted by Crippen LogP contribution is -2.53. The van der Waals surface area contributed by atoms with Crippen molar-refractivity contribution in [2.75, 3.05) is 39.8 Å². The SMILES string of the molecule is CN(CCN1CCCC1)C(C)(CN)Cc1cccc(F)c1. The summed E-state index contributed by atoms with van der Waals surface area (Å²) in [5.74, 6) is -0.174. The Kier molecular flexibility index (Phi) is 5.73. The van der Waals surface area contributed by atoms with Gasteiger partial charge in [-0.2, -0.15) is 0 Å². The molecule has 1 aliphatic heterocycles. The van der Waals surface area contributed by atoms with E-state index in [2.05, 4.69) is 23.8 Å². The molecule has 0 saturated carbocycles. The van der Waals surface area contributed by atoms with E-state index in [1.165, 1.54) is 32.0 Å². The molecule has 1 aromatic carbocycles. The van der Waals surface area contributed by atoms with Gasteiger partial charge < -0.3 is 10.6 Å². The summed E-state index contributed by atoms with van der Waals surface area (Å²) in [5, 5.41) is 0. The van der Waals surface area contributed by atoms with Crippen molar-refractivity contribution >= 4 is 0 Å². The van der Waals surface area contributed by atoms with Gasteiger partial charge in [0.05, 0.1) is 0 Å². The Balaban J connectivity index is 1.94. The average Bonchev–Trinajstić information content (AvgIpc) is 2.98. The fourth-order valence-corrected chi connectivity index (χ4v) is 3.02. The number of nitrogens with zero attached hydrogens (tertiary/aromatic N) is 2. The summed E-state index contributed by atoms with van der Waals surface area (Å²) in [4.78, 5) is 4.84. The first-order chi connectivity index (χ1) is 10.0. The smallest absolute Gasteiger partial charge is 0.123 e. The van der Waals surface area contributed by atoms with Crippen LogP contribution in [0.1, 0.15) is 25.3 Å². The minimum atomic E-state index is -0.174. The molecule has 118 valence electrons. The molecule has 1 unspecified atom stereocenters. The Labute approximate surface area is 127 Å². The zero-order valence-electron chi connectivity index (χ0n) is 13.3. The van der Waals surface area contributed by atoms with Crippen LogP contribution in [-0.2, 0) is 6.42 Å². The number of likely N-dealkylation sites (tertiary alicyclic amines) is 1. The molecular weight excluding hydrogens is 265 g/mol. The van der Waals surface area contributed by atoms with Crippen molar-refractivity contribution in [1.82, 2.24) is 9.80 Å². The van der Waals surface area contributed by atoms with E-state index in [-0.39, 0.29) is 11.4 Å². The standard InChI is InChI=1S/C17H28FN3/c1-17(14-19,13-15-6-5-7-16(18)12-15)20(2)10-11-21-8-3-4-9-21/h5-7,12H,3-4,8-11,13-14,19H2,1-2H3. The van der Waals surface area contributed by atoms with Crippen molar-refractivity contribution in [3.05, 3.63) is 35.6 Å². The maximum atomic E-state index is 13.3. The van der Waals surface area contributed by atoms with Crippen LogP contribution in [0.25, 0.3) is 0 Å². The molecule has 0 bridgehead atoms. The zero-order valence-corrected chi connectivity index (χ0v) is 13.3. The second-order valence-electron chi connectivity index (χ2n) is 6.48. The third-order valence-corrected chi connectivity index (χ3v) is 4.79. The summed E-state index contributed by atoms with van der Waals surface area (Å²) in [6.07, 6.45) is 3.42. The molecule has 2 N–H and O–H groups in total. The maximum Gasteiger partial charge on any atom is 0.123 e. The van der Waals surface area contributed by atoms with E-state index < -0.39 is 0 Å². The summed E-state index contributed by atoms with van der Waals surface area (Å²) < 4.78 is 13.3. The lowest BCUT2D eigenvalue weighted by atomic mass is 9.91. The van der Waals surface area contributed by atoms with Crippen molar-refractivity contribution in [2.45, 2.75) is 31.7 Å². The molecule has 1 heterocycles. The normalized spacial score (nSPS) is 19.1. The largest absolute Gasteiger partial charge is 0.329 e. The van der Waals surface area contributed by atoms with Crippen LogP contribution in [0.4, 0.5) is 4.39 Å². The molecule has 1 saturated heterocycles. The molecule has 1 aliphatic rings. The Bertz CT molecular complexity index is 445. The quantitative estimate of drug-likeness (QED) is 0.836. The minimum Gasteiger partial charge on any atom is -0.329 e. The van der Waals surface area contributed by atoms with Crippen molar-refractivity contribution in [2.24, 2.45) is 5.73 Å². The highest BCUT2D eigenvalue weighted by Crippen LogP contribution is 2.19. The van der Waals surface area contributed by atoms with Gasteiger partial charge >= 0.3 is 0 Å². The number of benzene rings is 1.